The lowest BCUT2D eigenvalue weighted by atomic mass is 10.0. The highest BCUT2D eigenvalue weighted by Gasteiger charge is 2.37. The predicted octanol–water partition coefficient (Wildman–Crippen LogP) is 5.61. The summed E-state index contributed by atoms with van der Waals surface area (Å²) in [4.78, 5) is 10.4. The van der Waals surface area contributed by atoms with Crippen LogP contribution in [-0.2, 0) is 0 Å². The molecule has 140 valence electrons. The van der Waals surface area contributed by atoms with Crippen molar-refractivity contribution in [1.29, 1.82) is 0 Å². The van der Waals surface area contributed by atoms with Gasteiger partial charge in [-0.2, -0.15) is 0 Å². The van der Waals surface area contributed by atoms with E-state index in [9.17, 15) is 13.2 Å². The molecule has 1 atom stereocenters. The van der Waals surface area contributed by atoms with E-state index in [0.29, 0.717) is 39.8 Å². The SMILES string of the molecule is CC(C)CC1CN1c1ccc(-c2ccnc3cc(F)ccc23)nc1C(F)F. The number of nitrogens with zero attached hydrogens (tertiary/aromatic N) is 3. The van der Waals surface area contributed by atoms with Crippen molar-refractivity contribution in [3.8, 4) is 11.3 Å². The van der Waals surface area contributed by atoms with Crippen LogP contribution in [0.15, 0.2) is 42.6 Å². The minimum absolute atomic E-state index is 0.203. The molecule has 27 heavy (non-hydrogen) atoms. The Morgan fingerprint density at radius 2 is 1.96 bits per heavy atom. The number of alkyl halides is 2. The third-order valence-electron chi connectivity index (χ3n) is 4.86. The van der Waals surface area contributed by atoms with E-state index >= 15 is 0 Å². The van der Waals surface area contributed by atoms with Gasteiger partial charge >= 0.3 is 0 Å². The zero-order valence-corrected chi connectivity index (χ0v) is 15.2. The first-order chi connectivity index (χ1) is 12.9. The van der Waals surface area contributed by atoms with Crippen molar-refractivity contribution in [3.05, 3.63) is 54.1 Å². The van der Waals surface area contributed by atoms with Crippen LogP contribution in [0.2, 0.25) is 0 Å². The van der Waals surface area contributed by atoms with Crippen LogP contribution in [0.25, 0.3) is 22.2 Å². The average molecular weight is 371 g/mol. The summed E-state index contributed by atoms with van der Waals surface area (Å²) in [6, 6.07) is 9.77. The Morgan fingerprint density at radius 3 is 2.70 bits per heavy atom. The van der Waals surface area contributed by atoms with Crippen LogP contribution in [-0.4, -0.2) is 22.6 Å². The number of pyridine rings is 2. The molecule has 1 aromatic carbocycles. The molecule has 0 radical (unpaired) electrons. The second-order valence-electron chi connectivity index (χ2n) is 7.36. The number of benzene rings is 1. The minimum Gasteiger partial charge on any atom is -0.363 e. The predicted molar refractivity (Wildman–Crippen MR) is 100 cm³/mol. The van der Waals surface area contributed by atoms with Gasteiger partial charge in [0, 0.05) is 35.8 Å². The van der Waals surface area contributed by atoms with Gasteiger partial charge in [-0.25, -0.2) is 18.2 Å². The summed E-state index contributed by atoms with van der Waals surface area (Å²) < 4.78 is 40.9. The van der Waals surface area contributed by atoms with Gasteiger partial charge in [-0.05, 0) is 42.7 Å². The number of hydrogen-bond donors (Lipinski definition) is 0. The molecular formula is C21H20F3N3. The molecule has 4 rings (SSSR count). The summed E-state index contributed by atoms with van der Waals surface area (Å²) in [5, 5.41) is 0.684. The molecule has 3 aromatic rings. The monoisotopic (exact) mass is 371 g/mol. The summed E-state index contributed by atoms with van der Waals surface area (Å²) in [5.74, 6) is 0.132. The minimum atomic E-state index is -2.66. The van der Waals surface area contributed by atoms with Crippen molar-refractivity contribution in [2.75, 3.05) is 11.4 Å². The van der Waals surface area contributed by atoms with E-state index < -0.39 is 6.43 Å². The number of rotatable bonds is 5. The Hall–Kier alpha value is -2.63. The lowest BCUT2D eigenvalue weighted by Gasteiger charge is -2.14. The maximum atomic E-state index is 13.7. The van der Waals surface area contributed by atoms with Crippen LogP contribution in [0.5, 0.6) is 0 Å². The number of fused-ring (bicyclic) bond motifs is 1. The highest BCUT2D eigenvalue weighted by atomic mass is 19.3. The van der Waals surface area contributed by atoms with E-state index in [0.717, 1.165) is 13.0 Å². The van der Waals surface area contributed by atoms with E-state index in [4.69, 9.17) is 0 Å². The molecule has 3 heterocycles. The summed E-state index contributed by atoms with van der Waals surface area (Å²) in [6.07, 6.45) is -0.145. The highest BCUT2D eigenvalue weighted by molar-refractivity contribution is 5.93. The lowest BCUT2D eigenvalue weighted by molar-refractivity contribution is 0.147. The first kappa shape index (κ1) is 17.8. The van der Waals surface area contributed by atoms with E-state index in [1.807, 2.05) is 4.90 Å². The van der Waals surface area contributed by atoms with Gasteiger partial charge in [0.05, 0.1) is 16.9 Å². The van der Waals surface area contributed by atoms with Gasteiger partial charge in [-0.1, -0.05) is 13.8 Å². The molecule has 1 saturated heterocycles. The summed E-state index contributed by atoms with van der Waals surface area (Å²) in [5.41, 5.74) is 1.88. The molecule has 0 N–H and O–H groups in total. The summed E-state index contributed by atoms with van der Waals surface area (Å²) in [6.45, 7) is 5.04. The van der Waals surface area contributed by atoms with E-state index in [-0.39, 0.29) is 11.5 Å². The maximum Gasteiger partial charge on any atom is 0.282 e. The van der Waals surface area contributed by atoms with E-state index in [1.54, 1.807) is 24.3 Å². The average Bonchev–Trinajstić information content (AvgIpc) is 3.38. The van der Waals surface area contributed by atoms with Crippen LogP contribution >= 0.6 is 0 Å². The Kier molecular flexibility index (Phi) is 4.50. The molecule has 0 bridgehead atoms. The lowest BCUT2D eigenvalue weighted by Crippen LogP contribution is -2.07. The fourth-order valence-corrected chi connectivity index (χ4v) is 3.59. The molecule has 3 nitrogen and oxygen atoms in total. The molecule has 1 aliphatic rings. The molecule has 0 spiro atoms. The third-order valence-corrected chi connectivity index (χ3v) is 4.86. The molecule has 0 saturated carbocycles. The highest BCUT2D eigenvalue weighted by Crippen LogP contribution is 2.39. The quantitative estimate of drug-likeness (QED) is 0.546. The Bertz CT molecular complexity index is 988. The van der Waals surface area contributed by atoms with Crippen LogP contribution in [0.1, 0.15) is 32.4 Å². The third kappa shape index (κ3) is 3.48. The normalized spacial score (nSPS) is 16.6. The zero-order chi connectivity index (χ0) is 19.1. The first-order valence-corrected chi connectivity index (χ1v) is 9.04. The molecule has 1 fully saturated rings. The largest absolute Gasteiger partial charge is 0.363 e. The van der Waals surface area contributed by atoms with Crippen molar-refractivity contribution in [3.63, 3.8) is 0 Å². The van der Waals surface area contributed by atoms with Gasteiger partial charge in [0.25, 0.3) is 6.43 Å². The van der Waals surface area contributed by atoms with Crippen LogP contribution in [0.3, 0.4) is 0 Å². The fourth-order valence-electron chi connectivity index (χ4n) is 3.59. The van der Waals surface area contributed by atoms with Gasteiger partial charge in [-0.15, -0.1) is 0 Å². The molecule has 1 unspecified atom stereocenters. The van der Waals surface area contributed by atoms with Crippen molar-refractivity contribution in [2.24, 2.45) is 5.92 Å². The van der Waals surface area contributed by atoms with Gasteiger partial charge < -0.3 is 4.90 Å². The Balaban J connectivity index is 1.75. The number of anilines is 1. The van der Waals surface area contributed by atoms with E-state index in [2.05, 4.69) is 23.8 Å². The zero-order valence-electron chi connectivity index (χ0n) is 15.2. The topological polar surface area (TPSA) is 28.8 Å². The summed E-state index contributed by atoms with van der Waals surface area (Å²) >= 11 is 0. The Morgan fingerprint density at radius 1 is 1.15 bits per heavy atom. The molecule has 6 heteroatoms. The number of halogens is 3. The van der Waals surface area contributed by atoms with Crippen LogP contribution in [0.4, 0.5) is 18.9 Å². The second-order valence-corrected chi connectivity index (χ2v) is 7.36. The van der Waals surface area contributed by atoms with Crippen molar-refractivity contribution in [2.45, 2.75) is 32.7 Å². The first-order valence-electron chi connectivity index (χ1n) is 9.04. The smallest absolute Gasteiger partial charge is 0.282 e. The van der Waals surface area contributed by atoms with Crippen LogP contribution in [0, 0.1) is 11.7 Å². The maximum absolute atomic E-state index is 13.7. The second kappa shape index (κ2) is 6.83. The van der Waals surface area contributed by atoms with Gasteiger partial charge in [0.15, 0.2) is 0 Å². The number of hydrogen-bond acceptors (Lipinski definition) is 3. The van der Waals surface area contributed by atoms with Crippen molar-refractivity contribution in [1.82, 2.24) is 9.97 Å². The fraction of sp³-hybridized carbons (Fsp3) is 0.333. The molecule has 0 amide bonds. The van der Waals surface area contributed by atoms with Gasteiger partial charge in [-0.3, -0.25) is 4.98 Å². The number of aromatic nitrogens is 2. The molecule has 2 aromatic heterocycles. The molecule has 0 aliphatic carbocycles. The summed E-state index contributed by atoms with van der Waals surface area (Å²) in [7, 11) is 0. The molecular weight excluding hydrogens is 351 g/mol. The standard InChI is InChI=1S/C21H20F3N3/c1-12(2)9-14-11-27(14)19-6-5-17(26-20(19)21(23)24)16-7-8-25-18-10-13(22)3-4-15(16)18/h3-8,10,12,14,21H,9,11H2,1-2H3. The molecule has 1 aliphatic heterocycles. The van der Waals surface area contributed by atoms with Crippen LogP contribution < -0.4 is 4.90 Å². The Labute approximate surface area is 155 Å². The van der Waals surface area contributed by atoms with Gasteiger partial charge in [0.1, 0.15) is 11.5 Å². The van der Waals surface area contributed by atoms with Gasteiger partial charge in [0.2, 0.25) is 0 Å². The van der Waals surface area contributed by atoms with Crippen molar-refractivity contribution < 1.29 is 13.2 Å². The van der Waals surface area contributed by atoms with Crippen molar-refractivity contribution >= 4 is 16.6 Å². The van der Waals surface area contributed by atoms with E-state index in [1.165, 1.54) is 18.3 Å².